The SMILES string of the molecule is CCc1ccc(Nc2cc(C)ncn2)cc1NC(=O)/C=C/c1ccc(OCc2ccccc2Cl)cc1. The molecule has 36 heavy (non-hydrogen) atoms. The van der Waals surface area contributed by atoms with Crippen molar-refractivity contribution in [1.29, 1.82) is 0 Å². The largest absolute Gasteiger partial charge is 0.489 e. The molecule has 0 saturated carbocycles. The van der Waals surface area contributed by atoms with E-state index in [1.54, 1.807) is 6.08 Å². The molecule has 0 aliphatic heterocycles. The zero-order chi connectivity index (χ0) is 25.3. The number of ether oxygens (including phenoxy) is 1. The summed E-state index contributed by atoms with van der Waals surface area (Å²) in [5, 5.41) is 6.93. The van der Waals surface area contributed by atoms with Crippen LogP contribution in [0.5, 0.6) is 5.75 Å². The molecule has 0 spiro atoms. The molecule has 1 aromatic heterocycles. The summed E-state index contributed by atoms with van der Waals surface area (Å²) >= 11 is 6.18. The number of carbonyl (C=O) groups is 1. The third-order valence-electron chi connectivity index (χ3n) is 5.48. The molecular formula is C29H27ClN4O2. The Hall–Kier alpha value is -4.16. The molecule has 1 heterocycles. The molecule has 4 aromatic rings. The highest BCUT2D eigenvalue weighted by atomic mass is 35.5. The van der Waals surface area contributed by atoms with Crippen LogP contribution >= 0.6 is 11.6 Å². The number of halogens is 1. The zero-order valence-corrected chi connectivity index (χ0v) is 20.9. The summed E-state index contributed by atoms with van der Waals surface area (Å²) in [6.45, 7) is 4.35. The molecule has 3 aromatic carbocycles. The van der Waals surface area contributed by atoms with Gasteiger partial charge in [0.15, 0.2) is 0 Å². The van der Waals surface area contributed by atoms with E-state index in [0.717, 1.165) is 45.9 Å². The lowest BCUT2D eigenvalue weighted by Gasteiger charge is -2.12. The minimum atomic E-state index is -0.209. The molecule has 0 atom stereocenters. The summed E-state index contributed by atoms with van der Waals surface area (Å²) in [5.74, 6) is 1.22. The highest BCUT2D eigenvalue weighted by Crippen LogP contribution is 2.24. The highest BCUT2D eigenvalue weighted by molar-refractivity contribution is 6.31. The molecule has 0 fully saturated rings. The fourth-order valence-electron chi connectivity index (χ4n) is 3.55. The fourth-order valence-corrected chi connectivity index (χ4v) is 3.74. The van der Waals surface area contributed by atoms with Gasteiger partial charge >= 0.3 is 0 Å². The molecule has 0 aliphatic rings. The van der Waals surface area contributed by atoms with Gasteiger partial charge in [0, 0.05) is 39.8 Å². The first kappa shape index (κ1) is 24.9. The van der Waals surface area contributed by atoms with Crippen molar-refractivity contribution in [2.24, 2.45) is 0 Å². The van der Waals surface area contributed by atoms with E-state index in [-0.39, 0.29) is 5.91 Å². The summed E-state index contributed by atoms with van der Waals surface area (Å²) in [5.41, 5.74) is 5.32. The van der Waals surface area contributed by atoms with Crippen molar-refractivity contribution in [2.45, 2.75) is 26.9 Å². The number of carbonyl (C=O) groups excluding carboxylic acids is 1. The summed E-state index contributed by atoms with van der Waals surface area (Å²) in [4.78, 5) is 21.0. The van der Waals surface area contributed by atoms with Gasteiger partial charge in [0.2, 0.25) is 5.91 Å². The number of rotatable bonds is 9. The lowest BCUT2D eigenvalue weighted by Crippen LogP contribution is -2.10. The first-order chi connectivity index (χ1) is 17.5. The van der Waals surface area contributed by atoms with Crippen molar-refractivity contribution in [3.05, 3.63) is 113 Å². The van der Waals surface area contributed by atoms with E-state index >= 15 is 0 Å². The fraction of sp³-hybridized carbons (Fsp3) is 0.138. The number of nitrogens with zero attached hydrogens (tertiary/aromatic N) is 2. The first-order valence-electron chi connectivity index (χ1n) is 11.6. The number of hydrogen-bond donors (Lipinski definition) is 2. The van der Waals surface area contributed by atoms with E-state index in [9.17, 15) is 4.79 Å². The van der Waals surface area contributed by atoms with Crippen LogP contribution in [0.1, 0.15) is 29.3 Å². The smallest absolute Gasteiger partial charge is 0.248 e. The number of anilines is 3. The second-order valence-electron chi connectivity index (χ2n) is 8.17. The topological polar surface area (TPSA) is 76.1 Å². The van der Waals surface area contributed by atoms with Gasteiger partial charge in [0.05, 0.1) is 0 Å². The van der Waals surface area contributed by atoms with Gasteiger partial charge in [-0.05, 0) is 60.9 Å². The molecule has 0 aliphatic carbocycles. The quantitative estimate of drug-likeness (QED) is 0.243. The van der Waals surface area contributed by atoms with E-state index in [1.165, 1.54) is 12.4 Å². The number of aryl methyl sites for hydroxylation is 2. The molecular weight excluding hydrogens is 472 g/mol. The van der Waals surface area contributed by atoms with Crippen LogP contribution in [0.15, 0.2) is 85.2 Å². The van der Waals surface area contributed by atoms with Gasteiger partial charge in [-0.25, -0.2) is 9.97 Å². The van der Waals surface area contributed by atoms with Crippen LogP contribution < -0.4 is 15.4 Å². The normalized spacial score (nSPS) is 10.9. The lowest BCUT2D eigenvalue weighted by atomic mass is 10.1. The van der Waals surface area contributed by atoms with Crippen molar-refractivity contribution in [3.8, 4) is 5.75 Å². The van der Waals surface area contributed by atoms with Gasteiger partial charge in [-0.1, -0.05) is 54.9 Å². The average molecular weight is 499 g/mol. The molecule has 7 heteroatoms. The van der Waals surface area contributed by atoms with E-state index < -0.39 is 0 Å². The van der Waals surface area contributed by atoms with Crippen LogP contribution in [-0.4, -0.2) is 15.9 Å². The van der Waals surface area contributed by atoms with Crippen molar-refractivity contribution >= 4 is 40.8 Å². The van der Waals surface area contributed by atoms with Gasteiger partial charge in [0.25, 0.3) is 0 Å². The Labute approximate surface area is 216 Å². The van der Waals surface area contributed by atoms with Gasteiger partial charge in [-0.15, -0.1) is 0 Å². The Bertz CT molecular complexity index is 1370. The second-order valence-corrected chi connectivity index (χ2v) is 8.57. The van der Waals surface area contributed by atoms with E-state index in [0.29, 0.717) is 17.4 Å². The molecule has 0 saturated heterocycles. The summed E-state index contributed by atoms with van der Waals surface area (Å²) in [6.07, 6.45) is 5.60. The molecule has 6 nitrogen and oxygen atoms in total. The van der Waals surface area contributed by atoms with Crippen molar-refractivity contribution in [2.75, 3.05) is 10.6 Å². The highest BCUT2D eigenvalue weighted by Gasteiger charge is 2.07. The zero-order valence-electron chi connectivity index (χ0n) is 20.2. The lowest BCUT2D eigenvalue weighted by molar-refractivity contribution is -0.111. The van der Waals surface area contributed by atoms with Crippen LogP contribution in [0.25, 0.3) is 6.08 Å². The molecule has 0 unspecified atom stereocenters. The van der Waals surface area contributed by atoms with Crippen LogP contribution in [0, 0.1) is 6.92 Å². The number of nitrogens with one attached hydrogen (secondary N) is 2. The van der Waals surface area contributed by atoms with Gasteiger partial charge in [0.1, 0.15) is 24.5 Å². The van der Waals surface area contributed by atoms with Crippen LogP contribution in [-0.2, 0) is 17.8 Å². The standard InChI is InChI=1S/C29H27ClN4O2/c1-3-22-11-12-24(33-28-16-20(2)31-19-32-28)17-27(22)34-29(35)15-10-21-8-13-25(14-9-21)36-18-23-6-4-5-7-26(23)30/h4-17,19H,3,18H2,1-2H3,(H,34,35)(H,31,32,33)/b15-10+. The van der Waals surface area contributed by atoms with E-state index in [2.05, 4.69) is 27.5 Å². The van der Waals surface area contributed by atoms with E-state index in [1.807, 2.05) is 79.7 Å². The van der Waals surface area contributed by atoms with Crippen molar-refractivity contribution < 1.29 is 9.53 Å². The predicted octanol–water partition coefficient (Wildman–Crippen LogP) is 6.98. The van der Waals surface area contributed by atoms with E-state index in [4.69, 9.17) is 16.3 Å². The molecule has 0 bridgehead atoms. The van der Waals surface area contributed by atoms with Crippen LogP contribution in [0.3, 0.4) is 0 Å². The number of aromatic nitrogens is 2. The Morgan fingerprint density at radius 2 is 1.81 bits per heavy atom. The summed E-state index contributed by atoms with van der Waals surface area (Å²) in [7, 11) is 0. The summed E-state index contributed by atoms with van der Waals surface area (Å²) < 4.78 is 5.82. The van der Waals surface area contributed by atoms with Gasteiger partial charge < -0.3 is 15.4 Å². The predicted molar refractivity (Wildman–Crippen MR) is 146 cm³/mol. The Morgan fingerprint density at radius 1 is 1.00 bits per heavy atom. The Balaban J connectivity index is 1.37. The van der Waals surface area contributed by atoms with Gasteiger partial charge in [-0.3, -0.25) is 4.79 Å². The monoisotopic (exact) mass is 498 g/mol. The van der Waals surface area contributed by atoms with Crippen molar-refractivity contribution in [1.82, 2.24) is 9.97 Å². The maximum atomic E-state index is 12.7. The van der Waals surface area contributed by atoms with Gasteiger partial charge in [-0.2, -0.15) is 0 Å². The average Bonchev–Trinajstić information content (AvgIpc) is 2.88. The Morgan fingerprint density at radius 3 is 2.56 bits per heavy atom. The molecule has 0 radical (unpaired) electrons. The summed E-state index contributed by atoms with van der Waals surface area (Å²) in [6, 6.07) is 22.9. The maximum absolute atomic E-state index is 12.7. The minimum Gasteiger partial charge on any atom is -0.489 e. The number of benzene rings is 3. The third-order valence-corrected chi connectivity index (χ3v) is 5.85. The second kappa shape index (κ2) is 12.0. The Kier molecular flexibility index (Phi) is 8.32. The van der Waals surface area contributed by atoms with Crippen LogP contribution in [0.2, 0.25) is 5.02 Å². The molecule has 2 N–H and O–H groups in total. The maximum Gasteiger partial charge on any atom is 0.248 e. The number of amides is 1. The van der Waals surface area contributed by atoms with Crippen molar-refractivity contribution in [3.63, 3.8) is 0 Å². The molecule has 1 amide bonds. The van der Waals surface area contributed by atoms with Crippen LogP contribution in [0.4, 0.5) is 17.2 Å². The molecule has 4 rings (SSSR count). The first-order valence-corrected chi connectivity index (χ1v) is 12.0. The number of hydrogen-bond acceptors (Lipinski definition) is 5. The minimum absolute atomic E-state index is 0.209. The molecule has 182 valence electrons. The third kappa shape index (κ3) is 6.93.